The second-order valence-electron chi connectivity index (χ2n) is 4.38. The summed E-state index contributed by atoms with van der Waals surface area (Å²) in [6.07, 6.45) is 9.63. The van der Waals surface area contributed by atoms with Gasteiger partial charge in [0, 0.05) is 19.5 Å². The Bertz CT molecular complexity index is 339. The number of carbonyl (C=O) groups excluding carboxylic acids is 1. The molecule has 0 N–H and O–H groups in total. The highest BCUT2D eigenvalue weighted by Gasteiger charge is 2.16. The third-order valence-corrected chi connectivity index (χ3v) is 4.21. The predicted molar refractivity (Wildman–Crippen MR) is 62.4 cm³/mol. The molecule has 0 unspecified atom stereocenters. The van der Waals surface area contributed by atoms with Crippen molar-refractivity contribution in [1.82, 2.24) is 4.98 Å². The molecule has 3 heteroatoms. The van der Waals surface area contributed by atoms with E-state index in [0.717, 1.165) is 22.2 Å². The Morgan fingerprint density at radius 3 is 2.80 bits per heavy atom. The summed E-state index contributed by atoms with van der Waals surface area (Å²) in [6, 6.07) is 0. The molecule has 1 aromatic heterocycles. The number of aromatic nitrogens is 1. The Hall–Kier alpha value is -0.700. The van der Waals surface area contributed by atoms with Gasteiger partial charge in [0.25, 0.3) is 0 Å². The molecule has 1 aromatic rings. The van der Waals surface area contributed by atoms with Crippen molar-refractivity contribution in [2.75, 3.05) is 0 Å². The monoisotopic (exact) mass is 223 g/mol. The standard InChI is InChI=1S/C12H17NOS/c1-9(14)11-8-13-12(15-11)7-10-5-3-2-4-6-10/h8,10H,2-7H2,1H3. The van der Waals surface area contributed by atoms with Gasteiger partial charge in [-0.05, 0) is 5.92 Å². The molecule has 0 spiro atoms. The summed E-state index contributed by atoms with van der Waals surface area (Å²) < 4.78 is 0. The summed E-state index contributed by atoms with van der Waals surface area (Å²) in [7, 11) is 0. The average Bonchev–Trinajstić information content (AvgIpc) is 2.68. The molecule has 0 radical (unpaired) electrons. The lowest BCUT2D eigenvalue weighted by Crippen LogP contribution is -2.08. The number of carbonyl (C=O) groups is 1. The Labute approximate surface area is 94.7 Å². The van der Waals surface area contributed by atoms with Crippen LogP contribution in [-0.4, -0.2) is 10.8 Å². The van der Waals surface area contributed by atoms with E-state index in [4.69, 9.17) is 0 Å². The molecule has 0 atom stereocenters. The highest BCUT2D eigenvalue weighted by Crippen LogP contribution is 2.28. The maximum absolute atomic E-state index is 11.1. The van der Waals surface area contributed by atoms with Gasteiger partial charge in [0.1, 0.15) is 0 Å². The zero-order chi connectivity index (χ0) is 10.7. The van der Waals surface area contributed by atoms with Crippen LogP contribution in [0.1, 0.15) is 53.7 Å². The smallest absolute Gasteiger partial charge is 0.171 e. The normalized spacial score (nSPS) is 17.9. The summed E-state index contributed by atoms with van der Waals surface area (Å²) in [4.78, 5) is 16.3. The molecule has 1 heterocycles. The number of ketones is 1. The highest BCUT2D eigenvalue weighted by atomic mass is 32.1. The SMILES string of the molecule is CC(=O)c1cnc(CC2CCCCC2)s1. The van der Waals surface area contributed by atoms with Gasteiger partial charge in [0.15, 0.2) is 5.78 Å². The van der Waals surface area contributed by atoms with Gasteiger partial charge in [-0.15, -0.1) is 11.3 Å². The summed E-state index contributed by atoms with van der Waals surface area (Å²) in [5.74, 6) is 0.951. The Morgan fingerprint density at radius 2 is 2.20 bits per heavy atom. The number of hydrogen-bond acceptors (Lipinski definition) is 3. The summed E-state index contributed by atoms with van der Waals surface area (Å²) >= 11 is 1.57. The van der Waals surface area contributed by atoms with Crippen LogP contribution in [0.2, 0.25) is 0 Å². The Kier molecular flexibility index (Phi) is 3.52. The summed E-state index contributed by atoms with van der Waals surface area (Å²) in [5, 5.41) is 1.15. The van der Waals surface area contributed by atoms with Crippen LogP contribution in [0, 0.1) is 5.92 Å². The van der Waals surface area contributed by atoms with Crippen LogP contribution < -0.4 is 0 Å². The molecule has 2 rings (SSSR count). The third kappa shape index (κ3) is 2.88. The number of Topliss-reactive ketones (excluding diaryl/α,β-unsaturated/α-hetero) is 1. The zero-order valence-corrected chi connectivity index (χ0v) is 9.98. The molecular formula is C12H17NOS. The first-order chi connectivity index (χ1) is 7.25. The maximum Gasteiger partial charge on any atom is 0.171 e. The molecule has 15 heavy (non-hydrogen) atoms. The lowest BCUT2D eigenvalue weighted by molar-refractivity contribution is 0.102. The van der Waals surface area contributed by atoms with E-state index in [0.29, 0.717) is 0 Å². The molecule has 1 fully saturated rings. The van der Waals surface area contributed by atoms with Crippen molar-refractivity contribution < 1.29 is 4.79 Å². The van der Waals surface area contributed by atoms with Crippen LogP contribution >= 0.6 is 11.3 Å². The van der Waals surface area contributed by atoms with Gasteiger partial charge in [-0.25, -0.2) is 4.98 Å². The van der Waals surface area contributed by atoms with Gasteiger partial charge >= 0.3 is 0 Å². The van der Waals surface area contributed by atoms with Gasteiger partial charge in [-0.1, -0.05) is 32.1 Å². The average molecular weight is 223 g/mol. The van der Waals surface area contributed by atoms with E-state index in [-0.39, 0.29) is 5.78 Å². The second-order valence-corrected chi connectivity index (χ2v) is 5.50. The van der Waals surface area contributed by atoms with E-state index in [1.54, 1.807) is 24.5 Å². The first-order valence-corrected chi connectivity index (χ1v) is 6.53. The van der Waals surface area contributed by atoms with Crippen molar-refractivity contribution in [3.8, 4) is 0 Å². The van der Waals surface area contributed by atoms with Crippen LogP contribution in [0.15, 0.2) is 6.20 Å². The van der Waals surface area contributed by atoms with E-state index in [1.165, 1.54) is 32.1 Å². The van der Waals surface area contributed by atoms with Crippen LogP contribution in [0.5, 0.6) is 0 Å². The number of thiazole rings is 1. The van der Waals surface area contributed by atoms with Crippen LogP contribution in [0.3, 0.4) is 0 Å². The van der Waals surface area contributed by atoms with Gasteiger partial charge in [0.05, 0.1) is 9.88 Å². The zero-order valence-electron chi connectivity index (χ0n) is 9.16. The topological polar surface area (TPSA) is 30.0 Å². The van der Waals surface area contributed by atoms with Gasteiger partial charge in [0.2, 0.25) is 0 Å². The first kappa shape index (κ1) is 10.8. The molecule has 0 bridgehead atoms. The van der Waals surface area contributed by atoms with Gasteiger partial charge in [-0.3, -0.25) is 4.79 Å². The van der Waals surface area contributed by atoms with Crippen LogP contribution in [-0.2, 0) is 6.42 Å². The van der Waals surface area contributed by atoms with E-state index in [9.17, 15) is 4.79 Å². The van der Waals surface area contributed by atoms with E-state index < -0.39 is 0 Å². The highest BCUT2D eigenvalue weighted by molar-refractivity contribution is 7.13. The van der Waals surface area contributed by atoms with Crippen molar-refractivity contribution >= 4 is 17.1 Å². The fraction of sp³-hybridized carbons (Fsp3) is 0.667. The van der Waals surface area contributed by atoms with E-state index >= 15 is 0 Å². The van der Waals surface area contributed by atoms with Gasteiger partial charge in [-0.2, -0.15) is 0 Å². The Morgan fingerprint density at radius 1 is 1.47 bits per heavy atom. The second kappa shape index (κ2) is 4.88. The lowest BCUT2D eigenvalue weighted by atomic mass is 9.87. The maximum atomic E-state index is 11.1. The Balaban J connectivity index is 1.94. The number of hydrogen-bond donors (Lipinski definition) is 0. The number of nitrogens with zero attached hydrogens (tertiary/aromatic N) is 1. The largest absolute Gasteiger partial charge is 0.294 e. The van der Waals surface area contributed by atoms with E-state index in [2.05, 4.69) is 4.98 Å². The fourth-order valence-corrected chi connectivity index (χ4v) is 3.13. The summed E-state index contributed by atoms with van der Waals surface area (Å²) in [6.45, 7) is 1.61. The van der Waals surface area contributed by atoms with Crippen molar-refractivity contribution in [3.63, 3.8) is 0 Å². The molecule has 0 saturated heterocycles. The third-order valence-electron chi connectivity index (χ3n) is 3.09. The molecule has 1 aliphatic rings. The fourth-order valence-electron chi connectivity index (χ4n) is 2.21. The first-order valence-electron chi connectivity index (χ1n) is 5.71. The molecule has 1 aliphatic carbocycles. The predicted octanol–water partition coefficient (Wildman–Crippen LogP) is 3.47. The molecule has 0 amide bonds. The van der Waals surface area contributed by atoms with E-state index in [1.807, 2.05) is 0 Å². The molecule has 0 aromatic carbocycles. The van der Waals surface area contributed by atoms with Crippen LogP contribution in [0.4, 0.5) is 0 Å². The quantitative estimate of drug-likeness (QED) is 0.734. The van der Waals surface area contributed by atoms with Crippen LogP contribution in [0.25, 0.3) is 0 Å². The lowest BCUT2D eigenvalue weighted by Gasteiger charge is -2.20. The summed E-state index contributed by atoms with van der Waals surface area (Å²) in [5.41, 5.74) is 0. The van der Waals surface area contributed by atoms with Crippen molar-refractivity contribution in [3.05, 3.63) is 16.1 Å². The minimum atomic E-state index is 0.141. The number of rotatable bonds is 3. The molecule has 1 saturated carbocycles. The molecule has 82 valence electrons. The molecular weight excluding hydrogens is 206 g/mol. The molecule has 0 aliphatic heterocycles. The van der Waals surface area contributed by atoms with Gasteiger partial charge < -0.3 is 0 Å². The van der Waals surface area contributed by atoms with Crippen molar-refractivity contribution in [1.29, 1.82) is 0 Å². The molecule has 2 nitrogen and oxygen atoms in total. The minimum Gasteiger partial charge on any atom is -0.294 e. The van der Waals surface area contributed by atoms with Crippen molar-refractivity contribution in [2.24, 2.45) is 5.92 Å². The van der Waals surface area contributed by atoms with Crippen molar-refractivity contribution in [2.45, 2.75) is 45.4 Å². The minimum absolute atomic E-state index is 0.141.